The number of nitrogens with one attached hydrogen (secondary N) is 1. The average molecular weight is 347 g/mol. The van der Waals surface area contributed by atoms with E-state index in [2.05, 4.69) is 15.3 Å². The predicted molar refractivity (Wildman–Crippen MR) is 96.1 cm³/mol. The molecule has 1 amide bonds. The molecule has 3 rings (SSSR count). The smallest absolute Gasteiger partial charge is 0.251 e. The lowest BCUT2D eigenvalue weighted by molar-refractivity contribution is 0.0950. The molecule has 1 fully saturated rings. The van der Waals surface area contributed by atoms with E-state index in [4.69, 9.17) is 11.6 Å². The molecule has 0 radical (unpaired) electrons. The highest BCUT2D eigenvalue weighted by Gasteiger charge is 2.13. The molecule has 0 bridgehead atoms. The number of amides is 1. The number of likely N-dealkylation sites (tertiary alicyclic amines) is 1. The Balaban J connectivity index is 1.61. The van der Waals surface area contributed by atoms with E-state index in [1.807, 2.05) is 38.1 Å². The first-order chi connectivity index (χ1) is 11.6. The van der Waals surface area contributed by atoms with Crippen LogP contribution in [0.2, 0.25) is 5.02 Å². The van der Waals surface area contributed by atoms with Crippen molar-refractivity contribution in [3.05, 3.63) is 46.2 Å². The molecule has 1 aliphatic rings. The fraction of sp³-hybridized carbons (Fsp3) is 0.444. The Morgan fingerprint density at radius 3 is 2.46 bits per heavy atom. The number of carbonyl (C=O) groups is 1. The van der Waals surface area contributed by atoms with Crippen molar-refractivity contribution < 1.29 is 4.79 Å². The fourth-order valence-electron chi connectivity index (χ4n) is 3.06. The van der Waals surface area contributed by atoms with Crippen molar-refractivity contribution in [1.29, 1.82) is 0 Å². The van der Waals surface area contributed by atoms with Gasteiger partial charge in [0.05, 0.1) is 22.1 Å². The zero-order chi connectivity index (χ0) is 17.1. The highest BCUT2D eigenvalue weighted by Crippen LogP contribution is 2.22. The monoisotopic (exact) mass is 346 g/mol. The van der Waals surface area contributed by atoms with E-state index < -0.39 is 0 Å². The average Bonchev–Trinajstić information content (AvgIpc) is 3.19. The zero-order valence-electron chi connectivity index (χ0n) is 14.2. The molecule has 5 nitrogen and oxygen atoms in total. The van der Waals surface area contributed by atoms with E-state index in [1.54, 1.807) is 4.68 Å². The molecule has 1 aromatic carbocycles. The van der Waals surface area contributed by atoms with Gasteiger partial charge in [0.2, 0.25) is 0 Å². The third-order valence-corrected chi connectivity index (χ3v) is 5.04. The van der Waals surface area contributed by atoms with Gasteiger partial charge in [-0.1, -0.05) is 11.6 Å². The summed E-state index contributed by atoms with van der Waals surface area (Å²) in [6.07, 6.45) is 2.54. The number of halogens is 1. The van der Waals surface area contributed by atoms with Gasteiger partial charge < -0.3 is 10.2 Å². The molecule has 2 heterocycles. The minimum Gasteiger partial charge on any atom is -0.351 e. The van der Waals surface area contributed by atoms with E-state index in [-0.39, 0.29) is 5.91 Å². The van der Waals surface area contributed by atoms with E-state index in [9.17, 15) is 4.79 Å². The first kappa shape index (κ1) is 17.0. The van der Waals surface area contributed by atoms with Crippen LogP contribution < -0.4 is 5.32 Å². The quantitative estimate of drug-likeness (QED) is 0.905. The summed E-state index contributed by atoms with van der Waals surface area (Å²) in [6, 6.07) is 7.44. The lowest BCUT2D eigenvalue weighted by Gasteiger charge is -2.14. The predicted octanol–water partition coefficient (Wildman–Crippen LogP) is 2.97. The van der Waals surface area contributed by atoms with Crippen LogP contribution >= 0.6 is 11.6 Å². The van der Waals surface area contributed by atoms with Crippen molar-refractivity contribution in [2.75, 3.05) is 26.2 Å². The van der Waals surface area contributed by atoms with Crippen molar-refractivity contribution in [1.82, 2.24) is 20.0 Å². The number of benzene rings is 1. The van der Waals surface area contributed by atoms with Gasteiger partial charge in [-0.15, -0.1) is 0 Å². The maximum Gasteiger partial charge on any atom is 0.251 e. The van der Waals surface area contributed by atoms with E-state index in [0.717, 1.165) is 36.7 Å². The summed E-state index contributed by atoms with van der Waals surface area (Å²) in [5.74, 6) is -0.0350. The number of hydrogen-bond donors (Lipinski definition) is 1. The first-order valence-corrected chi connectivity index (χ1v) is 8.77. The fourth-order valence-corrected chi connectivity index (χ4v) is 3.18. The van der Waals surface area contributed by atoms with Crippen molar-refractivity contribution in [3.8, 4) is 5.69 Å². The van der Waals surface area contributed by atoms with Gasteiger partial charge in [0.25, 0.3) is 5.91 Å². The molecule has 1 aliphatic heterocycles. The number of carbonyl (C=O) groups excluding carboxylic acids is 1. The summed E-state index contributed by atoms with van der Waals surface area (Å²) in [6.45, 7) is 7.72. The lowest BCUT2D eigenvalue weighted by atomic mass is 10.2. The zero-order valence-corrected chi connectivity index (χ0v) is 14.9. The van der Waals surface area contributed by atoms with E-state index in [1.165, 1.54) is 12.8 Å². The molecule has 0 atom stereocenters. The van der Waals surface area contributed by atoms with Crippen molar-refractivity contribution in [2.24, 2.45) is 0 Å². The summed E-state index contributed by atoms with van der Waals surface area (Å²) in [5, 5.41) is 8.09. The second kappa shape index (κ2) is 7.36. The summed E-state index contributed by atoms with van der Waals surface area (Å²) in [7, 11) is 0. The standard InChI is InChI=1S/C18H23ClN4O/c1-13-17(19)14(2)23(21-13)16-7-5-15(6-8-16)18(24)20-9-12-22-10-3-4-11-22/h5-8H,3-4,9-12H2,1-2H3,(H,20,24). The van der Waals surface area contributed by atoms with Crippen LogP contribution in [0, 0.1) is 13.8 Å². The number of rotatable bonds is 5. The normalized spacial score (nSPS) is 15.0. The molecule has 24 heavy (non-hydrogen) atoms. The molecule has 6 heteroatoms. The van der Waals surface area contributed by atoms with Crippen molar-refractivity contribution in [3.63, 3.8) is 0 Å². The Kier molecular flexibility index (Phi) is 5.21. The third-order valence-electron chi connectivity index (χ3n) is 4.49. The van der Waals surface area contributed by atoms with Gasteiger partial charge in [-0.25, -0.2) is 4.68 Å². The van der Waals surface area contributed by atoms with Crippen LogP contribution in [0.4, 0.5) is 0 Å². The number of hydrogen-bond acceptors (Lipinski definition) is 3. The molecule has 1 aromatic heterocycles. The van der Waals surface area contributed by atoms with Crippen LogP contribution in [0.15, 0.2) is 24.3 Å². The minimum absolute atomic E-state index is 0.0350. The van der Waals surface area contributed by atoms with Gasteiger partial charge >= 0.3 is 0 Å². The Hall–Kier alpha value is -1.85. The summed E-state index contributed by atoms with van der Waals surface area (Å²) < 4.78 is 1.80. The molecule has 1 saturated heterocycles. The summed E-state index contributed by atoms with van der Waals surface area (Å²) in [4.78, 5) is 14.6. The van der Waals surface area contributed by atoms with Crippen LogP contribution in [0.5, 0.6) is 0 Å². The SMILES string of the molecule is Cc1nn(-c2ccc(C(=O)NCCN3CCCC3)cc2)c(C)c1Cl. The lowest BCUT2D eigenvalue weighted by Crippen LogP contribution is -2.33. The van der Waals surface area contributed by atoms with Gasteiger partial charge in [-0.05, 0) is 64.0 Å². The molecule has 2 aromatic rings. The highest BCUT2D eigenvalue weighted by molar-refractivity contribution is 6.31. The molecule has 128 valence electrons. The second-order valence-electron chi connectivity index (χ2n) is 6.25. The van der Waals surface area contributed by atoms with Crippen LogP contribution in [0.25, 0.3) is 5.69 Å². The molecular weight excluding hydrogens is 324 g/mol. The van der Waals surface area contributed by atoms with Crippen molar-refractivity contribution >= 4 is 17.5 Å². The maximum absolute atomic E-state index is 12.2. The molecular formula is C18H23ClN4O. The Morgan fingerprint density at radius 1 is 1.21 bits per heavy atom. The Labute approximate surface area is 147 Å². The van der Waals surface area contributed by atoms with Gasteiger partial charge in [0, 0.05) is 18.7 Å². The number of aromatic nitrogens is 2. The van der Waals surface area contributed by atoms with Crippen LogP contribution in [-0.4, -0.2) is 46.8 Å². The molecule has 0 spiro atoms. The maximum atomic E-state index is 12.2. The van der Waals surface area contributed by atoms with Crippen molar-refractivity contribution in [2.45, 2.75) is 26.7 Å². The van der Waals surface area contributed by atoms with Crippen LogP contribution in [0.1, 0.15) is 34.6 Å². The highest BCUT2D eigenvalue weighted by atomic mass is 35.5. The first-order valence-electron chi connectivity index (χ1n) is 8.39. The molecule has 0 unspecified atom stereocenters. The van der Waals surface area contributed by atoms with Crippen LogP contribution in [-0.2, 0) is 0 Å². The second-order valence-corrected chi connectivity index (χ2v) is 6.63. The van der Waals surface area contributed by atoms with Gasteiger partial charge in [-0.2, -0.15) is 5.10 Å². The summed E-state index contributed by atoms with van der Waals surface area (Å²) >= 11 is 6.19. The van der Waals surface area contributed by atoms with Crippen LogP contribution in [0.3, 0.4) is 0 Å². The van der Waals surface area contributed by atoms with Gasteiger partial charge in [0.15, 0.2) is 0 Å². The van der Waals surface area contributed by atoms with Gasteiger partial charge in [0.1, 0.15) is 0 Å². The molecule has 0 saturated carbocycles. The Morgan fingerprint density at radius 2 is 1.88 bits per heavy atom. The number of nitrogens with zero attached hydrogens (tertiary/aromatic N) is 3. The number of aryl methyl sites for hydroxylation is 1. The summed E-state index contributed by atoms with van der Waals surface area (Å²) in [5.41, 5.74) is 3.26. The van der Waals surface area contributed by atoms with E-state index in [0.29, 0.717) is 17.1 Å². The van der Waals surface area contributed by atoms with E-state index >= 15 is 0 Å². The third kappa shape index (κ3) is 3.62. The molecule has 0 aliphatic carbocycles. The van der Waals surface area contributed by atoms with Gasteiger partial charge in [-0.3, -0.25) is 4.79 Å². The Bertz CT molecular complexity index is 717. The topological polar surface area (TPSA) is 50.2 Å². The largest absolute Gasteiger partial charge is 0.351 e. The minimum atomic E-state index is -0.0350. The molecule has 1 N–H and O–H groups in total.